The van der Waals surface area contributed by atoms with Crippen molar-refractivity contribution in [3.63, 3.8) is 0 Å². The van der Waals surface area contributed by atoms with Crippen LogP contribution in [0.4, 0.5) is 4.39 Å². The first kappa shape index (κ1) is 14.3. The van der Waals surface area contributed by atoms with E-state index < -0.39 is 0 Å². The Bertz CT molecular complexity index is 438. The van der Waals surface area contributed by atoms with Crippen LogP contribution in [0.2, 0.25) is 0 Å². The first-order valence-electron chi connectivity index (χ1n) is 6.65. The number of methoxy groups -OCH3 is 1. The van der Waals surface area contributed by atoms with Gasteiger partial charge >= 0.3 is 0 Å². The number of halogens is 1. The Balaban J connectivity index is 2.37. The minimum absolute atomic E-state index is 0.0339. The Hall–Kier alpha value is -1.13. The number of hydrogen-bond acceptors (Lipinski definition) is 3. The van der Waals surface area contributed by atoms with E-state index in [9.17, 15) is 9.50 Å². The van der Waals surface area contributed by atoms with Gasteiger partial charge in [0, 0.05) is 11.5 Å². The molecule has 0 aliphatic heterocycles. The fourth-order valence-electron chi connectivity index (χ4n) is 3.20. The molecular weight excluding hydrogens is 245 g/mol. The third kappa shape index (κ3) is 2.47. The summed E-state index contributed by atoms with van der Waals surface area (Å²) in [5.74, 6) is -0.0906. The molecule has 0 heterocycles. The van der Waals surface area contributed by atoms with E-state index in [0.29, 0.717) is 0 Å². The lowest BCUT2D eigenvalue weighted by Crippen LogP contribution is -2.45. The van der Waals surface area contributed by atoms with E-state index in [1.165, 1.54) is 13.2 Å². The van der Waals surface area contributed by atoms with E-state index in [1.54, 1.807) is 6.07 Å². The highest BCUT2D eigenvalue weighted by Gasteiger charge is 2.45. The predicted octanol–water partition coefficient (Wildman–Crippen LogP) is 2.60. The van der Waals surface area contributed by atoms with Crippen LogP contribution in [0.3, 0.4) is 0 Å². The minimum atomic E-state index is -0.348. The maximum Gasteiger partial charge on any atom is 0.165 e. The molecule has 2 rings (SSSR count). The summed E-state index contributed by atoms with van der Waals surface area (Å²) in [5.41, 5.74) is 0.766. The van der Waals surface area contributed by atoms with Crippen LogP contribution < -0.4 is 4.74 Å². The lowest BCUT2D eigenvalue weighted by molar-refractivity contribution is -0.0309. The summed E-state index contributed by atoms with van der Waals surface area (Å²) in [5, 5.41) is 9.74. The van der Waals surface area contributed by atoms with Gasteiger partial charge in [0.15, 0.2) is 11.6 Å². The molecule has 1 unspecified atom stereocenters. The molecule has 1 atom stereocenters. The molecule has 1 aliphatic carbocycles. The summed E-state index contributed by atoms with van der Waals surface area (Å²) in [6, 6.07) is 5.11. The van der Waals surface area contributed by atoms with Gasteiger partial charge < -0.3 is 14.7 Å². The fraction of sp³-hybridized carbons (Fsp3) is 0.600. The fourth-order valence-corrected chi connectivity index (χ4v) is 3.20. The molecule has 1 aliphatic rings. The Labute approximate surface area is 114 Å². The molecular formula is C15H22FNO2. The minimum Gasteiger partial charge on any atom is -0.494 e. The number of aliphatic hydroxyl groups is 1. The van der Waals surface area contributed by atoms with Crippen molar-refractivity contribution >= 4 is 0 Å². The van der Waals surface area contributed by atoms with Crippen LogP contribution in [-0.2, 0) is 0 Å². The van der Waals surface area contributed by atoms with Crippen molar-refractivity contribution in [3.05, 3.63) is 29.6 Å². The molecule has 1 saturated carbocycles. The largest absolute Gasteiger partial charge is 0.494 e. The monoisotopic (exact) mass is 267 g/mol. The Morgan fingerprint density at radius 2 is 2.11 bits per heavy atom. The maximum absolute atomic E-state index is 13.9. The average molecular weight is 267 g/mol. The van der Waals surface area contributed by atoms with Gasteiger partial charge in [-0.3, -0.25) is 0 Å². The van der Waals surface area contributed by atoms with E-state index in [1.807, 2.05) is 20.2 Å². The molecule has 106 valence electrons. The van der Waals surface area contributed by atoms with Gasteiger partial charge in [0.05, 0.1) is 13.7 Å². The SMILES string of the molecule is COc1ccc(C(N(C)C)C2(CO)CCC2)cc1F. The Morgan fingerprint density at radius 3 is 2.47 bits per heavy atom. The summed E-state index contributed by atoms with van der Waals surface area (Å²) in [6.07, 6.45) is 3.10. The van der Waals surface area contributed by atoms with Crippen LogP contribution >= 0.6 is 0 Å². The van der Waals surface area contributed by atoms with Crippen LogP contribution in [0.5, 0.6) is 5.75 Å². The smallest absolute Gasteiger partial charge is 0.165 e. The second kappa shape index (κ2) is 5.47. The number of aliphatic hydroxyl groups excluding tert-OH is 1. The number of benzene rings is 1. The molecule has 0 amide bonds. The third-order valence-electron chi connectivity index (χ3n) is 4.25. The molecule has 0 aromatic heterocycles. The van der Waals surface area contributed by atoms with Gasteiger partial charge in [-0.15, -0.1) is 0 Å². The van der Waals surface area contributed by atoms with Gasteiger partial charge in [-0.05, 0) is 44.6 Å². The standard InChI is InChI=1S/C15H22FNO2/c1-17(2)14(15(10-18)7-4-8-15)11-5-6-13(19-3)12(16)9-11/h5-6,9,14,18H,4,7-8,10H2,1-3H3. The first-order valence-corrected chi connectivity index (χ1v) is 6.65. The van der Waals surface area contributed by atoms with E-state index in [4.69, 9.17) is 4.74 Å². The molecule has 1 fully saturated rings. The van der Waals surface area contributed by atoms with Crippen LogP contribution in [0.15, 0.2) is 18.2 Å². The van der Waals surface area contributed by atoms with Crippen molar-refractivity contribution in [1.82, 2.24) is 4.90 Å². The number of ether oxygens (including phenoxy) is 1. The summed E-state index contributed by atoms with van der Waals surface area (Å²) in [4.78, 5) is 2.07. The summed E-state index contributed by atoms with van der Waals surface area (Å²) in [6.45, 7) is 0.142. The normalized spacial score (nSPS) is 19.1. The molecule has 0 radical (unpaired) electrons. The zero-order chi connectivity index (χ0) is 14.0. The molecule has 1 aromatic carbocycles. The van der Waals surface area contributed by atoms with Gasteiger partial charge in [-0.25, -0.2) is 4.39 Å². The zero-order valence-corrected chi connectivity index (χ0v) is 11.8. The van der Waals surface area contributed by atoms with Crippen LogP contribution in [0, 0.1) is 11.2 Å². The van der Waals surface area contributed by atoms with Crippen molar-refractivity contribution in [3.8, 4) is 5.75 Å². The maximum atomic E-state index is 13.9. The summed E-state index contributed by atoms with van der Waals surface area (Å²) >= 11 is 0. The molecule has 0 bridgehead atoms. The van der Waals surface area contributed by atoms with Gasteiger partial charge in [0.2, 0.25) is 0 Å². The van der Waals surface area contributed by atoms with Crippen molar-refractivity contribution < 1.29 is 14.2 Å². The first-order chi connectivity index (χ1) is 9.04. The van der Waals surface area contributed by atoms with Crippen molar-refractivity contribution in [2.45, 2.75) is 25.3 Å². The highest BCUT2D eigenvalue weighted by atomic mass is 19.1. The van der Waals surface area contributed by atoms with E-state index in [2.05, 4.69) is 4.90 Å². The highest BCUT2D eigenvalue weighted by Crippen LogP contribution is 2.52. The number of nitrogens with zero attached hydrogens (tertiary/aromatic N) is 1. The van der Waals surface area contributed by atoms with Gasteiger partial charge in [-0.2, -0.15) is 0 Å². The molecule has 0 spiro atoms. The quantitative estimate of drug-likeness (QED) is 0.890. The Morgan fingerprint density at radius 1 is 1.42 bits per heavy atom. The molecule has 1 aromatic rings. The molecule has 0 saturated heterocycles. The predicted molar refractivity (Wildman–Crippen MR) is 72.7 cm³/mol. The van der Waals surface area contributed by atoms with Crippen molar-refractivity contribution in [2.24, 2.45) is 5.41 Å². The van der Waals surface area contributed by atoms with Crippen LogP contribution in [-0.4, -0.2) is 37.8 Å². The topological polar surface area (TPSA) is 32.7 Å². The van der Waals surface area contributed by atoms with E-state index in [-0.39, 0.29) is 29.6 Å². The summed E-state index contributed by atoms with van der Waals surface area (Å²) < 4.78 is 18.8. The highest BCUT2D eigenvalue weighted by molar-refractivity contribution is 5.32. The summed E-state index contributed by atoms with van der Waals surface area (Å²) in [7, 11) is 5.41. The van der Waals surface area contributed by atoms with Gasteiger partial charge in [0.1, 0.15) is 0 Å². The van der Waals surface area contributed by atoms with Crippen LogP contribution in [0.25, 0.3) is 0 Å². The van der Waals surface area contributed by atoms with Crippen molar-refractivity contribution in [1.29, 1.82) is 0 Å². The van der Waals surface area contributed by atoms with Gasteiger partial charge in [0.25, 0.3) is 0 Å². The van der Waals surface area contributed by atoms with E-state index in [0.717, 1.165) is 24.8 Å². The number of rotatable bonds is 5. The lowest BCUT2D eigenvalue weighted by atomic mass is 9.62. The molecule has 3 nitrogen and oxygen atoms in total. The third-order valence-corrected chi connectivity index (χ3v) is 4.25. The molecule has 1 N–H and O–H groups in total. The lowest BCUT2D eigenvalue weighted by Gasteiger charge is -2.49. The average Bonchev–Trinajstić information content (AvgIpc) is 2.33. The molecule has 4 heteroatoms. The zero-order valence-electron chi connectivity index (χ0n) is 11.8. The second-order valence-electron chi connectivity index (χ2n) is 5.63. The van der Waals surface area contributed by atoms with Crippen LogP contribution in [0.1, 0.15) is 30.9 Å². The van der Waals surface area contributed by atoms with Crippen molar-refractivity contribution in [2.75, 3.05) is 27.8 Å². The number of hydrogen-bond donors (Lipinski definition) is 1. The Kier molecular flexibility index (Phi) is 4.11. The molecule has 19 heavy (non-hydrogen) atoms. The second-order valence-corrected chi connectivity index (χ2v) is 5.63. The van der Waals surface area contributed by atoms with E-state index >= 15 is 0 Å². The van der Waals surface area contributed by atoms with Gasteiger partial charge in [-0.1, -0.05) is 12.5 Å².